The number of hydrogen-bond acceptors (Lipinski definition) is 5. The molecule has 1 unspecified atom stereocenters. The van der Waals surface area contributed by atoms with Crippen molar-refractivity contribution in [2.45, 2.75) is 25.6 Å². The number of aromatic amines is 1. The molecule has 2 N–H and O–H groups in total. The number of nitrogens with zero attached hydrogens (tertiary/aromatic N) is 3. The summed E-state index contributed by atoms with van der Waals surface area (Å²) in [7, 11) is 0. The van der Waals surface area contributed by atoms with Crippen LogP contribution in [0.5, 0.6) is 0 Å². The number of carbonyl (C=O) groups excluding carboxylic acids is 1. The molecule has 0 radical (unpaired) electrons. The van der Waals surface area contributed by atoms with Gasteiger partial charge >= 0.3 is 11.7 Å². The molecule has 4 rings (SSSR count). The molecule has 1 aromatic carbocycles. The van der Waals surface area contributed by atoms with Crippen molar-refractivity contribution in [1.82, 2.24) is 19.4 Å². The van der Waals surface area contributed by atoms with Crippen LogP contribution in [0.2, 0.25) is 0 Å². The van der Waals surface area contributed by atoms with Gasteiger partial charge in [0.15, 0.2) is 5.58 Å². The lowest BCUT2D eigenvalue weighted by molar-refractivity contribution is -0.151. The summed E-state index contributed by atoms with van der Waals surface area (Å²) in [5.41, 5.74) is 2.22. The van der Waals surface area contributed by atoms with Crippen molar-refractivity contribution >= 4 is 23.0 Å². The maximum absolute atomic E-state index is 12.7. The van der Waals surface area contributed by atoms with E-state index >= 15 is 0 Å². The van der Waals surface area contributed by atoms with Crippen LogP contribution in [0, 0.1) is 0 Å². The topological polar surface area (TPSA) is 121 Å². The third-order valence-corrected chi connectivity index (χ3v) is 4.37. The van der Waals surface area contributed by atoms with Crippen LogP contribution in [0.4, 0.5) is 0 Å². The summed E-state index contributed by atoms with van der Waals surface area (Å²) in [6.07, 6.45) is 1.60. The lowest BCUT2D eigenvalue weighted by atomic mass is 10.0. The Morgan fingerprint density at radius 3 is 2.96 bits per heavy atom. The molecule has 1 aliphatic rings. The second kappa shape index (κ2) is 5.62. The Hall–Kier alpha value is -3.36. The molecule has 3 aromatic rings. The standard InChI is InChI=1S/C16H14N4O5/c21-14(7-20-11-3-1-2-4-13(11)25-16(20)24)19-6-10-9(17-8-18-10)5-12(19)15(22)23/h1-4,8,12H,5-7H2,(H,17,18)(H,22,23). The van der Waals surface area contributed by atoms with Crippen LogP contribution >= 0.6 is 0 Å². The lowest BCUT2D eigenvalue weighted by Crippen LogP contribution is -2.50. The van der Waals surface area contributed by atoms with Crippen LogP contribution in [-0.2, 0) is 29.1 Å². The number of aromatic nitrogens is 3. The summed E-state index contributed by atoms with van der Waals surface area (Å²) in [6.45, 7) is -0.182. The number of oxazole rings is 1. The molecule has 0 fully saturated rings. The van der Waals surface area contributed by atoms with Crippen LogP contribution in [0.1, 0.15) is 11.4 Å². The first kappa shape index (κ1) is 15.2. The van der Waals surface area contributed by atoms with Crippen molar-refractivity contribution < 1.29 is 19.1 Å². The van der Waals surface area contributed by atoms with Gasteiger partial charge in [0.2, 0.25) is 5.91 Å². The van der Waals surface area contributed by atoms with E-state index in [1.165, 1.54) is 15.8 Å². The number of carbonyl (C=O) groups is 2. The first-order valence-corrected chi connectivity index (χ1v) is 7.66. The Bertz CT molecular complexity index is 1030. The molecule has 0 aliphatic carbocycles. The number of imidazole rings is 1. The predicted octanol–water partition coefficient (Wildman–Crippen LogP) is 0.356. The van der Waals surface area contributed by atoms with Gasteiger partial charge < -0.3 is 19.4 Å². The van der Waals surface area contributed by atoms with Gasteiger partial charge in [-0.05, 0) is 12.1 Å². The SMILES string of the molecule is O=C(O)C1Cc2nc[nH]c2CN1C(=O)Cn1c(=O)oc2ccccc21. The summed E-state index contributed by atoms with van der Waals surface area (Å²) >= 11 is 0. The number of rotatable bonds is 3. The van der Waals surface area contributed by atoms with Gasteiger partial charge in [-0.2, -0.15) is 0 Å². The number of carboxylic acids is 1. The van der Waals surface area contributed by atoms with E-state index in [9.17, 15) is 19.5 Å². The summed E-state index contributed by atoms with van der Waals surface area (Å²) in [6, 6.07) is 5.75. The van der Waals surface area contributed by atoms with Crippen molar-refractivity contribution in [2.75, 3.05) is 0 Å². The third kappa shape index (κ3) is 2.49. The fourth-order valence-corrected chi connectivity index (χ4v) is 3.11. The summed E-state index contributed by atoms with van der Waals surface area (Å²) in [5, 5.41) is 9.45. The molecule has 1 atom stereocenters. The maximum atomic E-state index is 12.7. The number of amides is 1. The number of nitrogens with one attached hydrogen (secondary N) is 1. The fourth-order valence-electron chi connectivity index (χ4n) is 3.11. The number of para-hydroxylation sites is 2. The highest BCUT2D eigenvalue weighted by atomic mass is 16.4. The summed E-state index contributed by atoms with van der Waals surface area (Å²) in [5.74, 6) is -2.23. The minimum absolute atomic E-state index is 0.107. The maximum Gasteiger partial charge on any atom is 0.420 e. The zero-order chi connectivity index (χ0) is 17.6. The molecule has 0 saturated heterocycles. The molecule has 2 aromatic heterocycles. The van der Waals surface area contributed by atoms with Crippen LogP contribution in [-0.4, -0.2) is 42.5 Å². The van der Waals surface area contributed by atoms with E-state index in [1.54, 1.807) is 24.3 Å². The predicted molar refractivity (Wildman–Crippen MR) is 84.7 cm³/mol. The van der Waals surface area contributed by atoms with Gasteiger partial charge in [-0.25, -0.2) is 14.6 Å². The van der Waals surface area contributed by atoms with Gasteiger partial charge in [0.05, 0.1) is 29.8 Å². The first-order valence-electron chi connectivity index (χ1n) is 7.66. The molecular weight excluding hydrogens is 328 g/mol. The van der Waals surface area contributed by atoms with Gasteiger partial charge in [0.1, 0.15) is 12.6 Å². The normalized spacial score (nSPS) is 16.8. The van der Waals surface area contributed by atoms with Crippen molar-refractivity contribution in [3.63, 3.8) is 0 Å². The van der Waals surface area contributed by atoms with E-state index < -0.39 is 23.7 Å². The number of benzene rings is 1. The number of fused-ring (bicyclic) bond motifs is 2. The molecule has 0 saturated carbocycles. The zero-order valence-corrected chi connectivity index (χ0v) is 13.0. The zero-order valence-electron chi connectivity index (χ0n) is 13.0. The number of H-pyrrole nitrogens is 1. The summed E-state index contributed by atoms with van der Waals surface area (Å²) in [4.78, 5) is 44.6. The molecule has 0 spiro atoms. The van der Waals surface area contributed by atoms with Crippen LogP contribution < -0.4 is 5.76 Å². The highest BCUT2D eigenvalue weighted by Gasteiger charge is 2.36. The van der Waals surface area contributed by atoms with E-state index in [0.29, 0.717) is 22.5 Å². The Morgan fingerprint density at radius 1 is 1.36 bits per heavy atom. The van der Waals surface area contributed by atoms with Gasteiger partial charge in [-0.15, -0.1) is 0 Å². The lowest BCUT2D eigenvalue weighted by Gasteiger charge is -2.32. The first-order chi connectivity index (χ1) is 12.0. The minimum Gasteiger partial charge on any atom is -0.480 e. The van der Waals surface area contributed by atoms with E-state index in [4.69, 9.17) is 4.42 Å². The van der Waals surface area contributed by atoms with Gasteiger partial charge in [-0.1, -0.05) is 12.1 Å². The number of hydrogen-bond donors (Lipinski definition) is 2. The van der Waals surface area contributed by atoms with E-state index in [-0.39, 0.29) is 19.5 Å². The van der Waals surface area contributed by atoms with Gasteiger partial charge in [-0.3, -0.25) is 9.36 Å². The van der Waals surface area contributed by atoms with Crippen molar-refractivity contribution in [3.8, 4) is 0 Å². The molecular formula is C16H14N4O5. The molecule has 9 heteroatoms. The molecule has 1 amide bonds. The quantitative estimate of drug-likeness (QED) is 0.708. The second-order valence-corrected chi connectivity index (χ2v) is 5.83. The highest BCUT2D eigenvalue weighted by molar-refractivity contribution is 5.85. The Labute approximate surface area is 140 Å². The smallest absolute Gasteiger partial charge is 0.420 e. The monoisotopic (exact) mass is 342 g/mol. The minimum atomic E-state index is -1.11. The second-order valence-electron chi connectivity index (χ2n) is 5.83. The highest BCUT2D eigenvalue weighted by Crippen LogP contribution is 2.22. The average Bonchev–Trinajstić information content (AvgIpc) is 3.17. The fraction of sp³-hybridized carbons (Fsp3) is 0.250. The molecule has 0 bridgehead atoms. The van der Waals surface area contributed by atoms with Crippen LogP contribution in [0.3, 0.4) is 0 Å². The van der Waals surface area contributed by atoms with Crippen LogP contribution in [0.15, 0.2) is 39.8 Å². The van der Waals surface area contributed by atoms with Crippen molar-refractivity contribution in [1.29, 1.82) is 0 Å². The molecule has 25 heavy (non-hydrogen) atoms. The molecule has 3 heterocycles. The van der Waals surface area contributed by atoms with Crippen molar-refractivity contribution in [2.24, 2.45) is 0 Å². The van der Waals surface area contributed by atoms with E-state index in [0.717, 1.165) is 0 Å². The number of aliphatic carboxylic acids is 1. The molecule has 9 nitrogen and oxygen atoms in total. The Morgan fingerprint density at radius 2 is 2.16 bits per heavy atom. The Balaban J connectivity index is 1.66. The van der Waals surface area contributed by atoms with Crippen molar-refractivity contribution in [3.05, 3.63) is 52.5 Å². The molecule has 1 aliphatic heterocycles. The average molecular weight is 342 g/mol. The van der Waals surface area contributed by atoms with E-state index in [1.807, 2.05) is 0 Å². The van der Waals surface area contributed by atoms with Gasteiger partial charge in [0, 0.05) is 6.42 Å². The Kier molecular flexibility index (Phi) is 3.41. The third-order valence-electron chi connectivity index (χ3n) is 4.37. The molecule has 128 valence electrons. The van der Waals surface area contributed by atoms with Gasteiger partial charge in [0.25, 0.3) is 0 Å². The number of carboxylic acid groups (broad SMARTS) is 1. The van der Waals surface area contributed by atoms with E-state index in [2.05, 4.69) is 9.97 Å². The summed E-state index contributed by atoms with van der Waals surface area (Å²) < 4.78 is 6.32. The largest absolute Gasteiger partial charge is 0.480 e. The van der Waals surface area contributed by atoms with Crippen LogP contribution in [0.25, 0.3) is 11.1 Å².